The number of hydrogen-bond donors (Lipinski definition) is 0. The van der Waals surface area contributed by atoms with Crippen molar-refractivity contribution < 1.29 is 0 Å². The maximum Gasteiger partial charge on any atom is 0.0968 e. The van der Waals surface area contributed by atoms with Gasteiger partial charge in [-0.1, -0.05) is 36.4 Å². The Morgan fingerprint density at radius 3 is 2.31 bits per heavy atom. The van der Waals surface area contributed by atoms with Crippen molar-refractivity contribution in [3.05, 3.63) is 71.7 Å². The molecule has 0 bridgehead atoms. The number of rotatable bonds is 4. The summed E-state index contributed by atoms with van der Waals surface area (Å²) in [6.45, 7) is 10.1. The molecule has 0 heterocycles. The Bertz CT molecular complexity index is 389. The fourth-order valence-corrected chi connectivity index (χ4v) is 1.29. The van der Waals surface area contributed by atoms with Gasteiger partial charge in [-0.2, -0.15) is 0 Å². The van der Waals surface area contributed by atoms with Crippen LogP contribution in [0, 0.1) is 12.8 Å². The van der Waals surface area contributed by atoms with Crippen molar-refractivity contribution in [3.63, 3.8) is 0 Å². The van der Waals surface area contributed by atoms with Gasteiger partial charge in [0.05, 0.1) is 17.7 Å². The summed E-state index contributed by atoms with van der Waals surface area (Å²) in [5.41, 5.74) is 3.62. The minimum absolute atomic E-state index is 1.13. The van der Waals surface area contributed by atoms with Gasteiger partial charge in [-0.15, -0.1) is 0 Å². The molecule has 0 saturated heterocycles. The molecule has 82 valence electrons. The molecule has 0 aliphatic rings. The molecule has 1 aromatic carbocycles. The highest BCUT2D eigenvalue weighted by Gasteiger charge is 1.97. The Balaban J connectivity index is 2.87. The van der Waals surface area contributed by atoms with E-state index in [0.29, 0.717) is 0 Å². The van der Waals surface area contributed by atoms with E-state index in [1.807, 2.05) is 6.08 Å². The lowest BCUT2D eigenvalue weighted by atomic mass is 10.1. The van der Waals surface area contributed by atoms with Crippen LogP contribution < -0.4 is 0 Å². The quantitative estimate of drug-likeness (QED) is 0.498. The maximum atomic E-state index is 3.82. The van der Waals surface area contributed by atoms with Gasteiger partial charge in [-0.3, -0.25) is 0 Å². The van der Waals surface area contributed by atoms with E-state index in [-0.39, 0.29) is 0 Å². The van der Waals surface area contributed by atoms with Crippen LogP contribution in [0.1, 0.15) is 25.0 Å². The number of benzene rings is 1. The Morgan fingerprint density at radius 1 is 1.19 bits per heavy atom. The van der Waals surface area contributed by atoms with Crippen LogP contribution in [0.4, 0.5) is 0 Å². The molecule has 0 amide bonds. The average molecular weight is 211 g/mol. The molecule has 0 atom stereocenters. The molecule has 0 aromatic heterocycles. The molecule has 0 nitrogen and oxygen atoms in total. The first kappa shape index (κ1) is 12.4. The highest BCUT2D eigenvalue weighted by Crippen LogP contribution is 2.11. The van der Waals surface area contributed by atoms with Crippen LogP contribution in [0.5, 0.6) is 0 Å². The Morgan fingerprint density at radius 2 is 1.81 bits per heavy atom. The third kappa shape index (κ3) is 4.22. The molecule has 0 aliphatic carbocycles. The zero-order chi connectivity index (χ0) is 12.0. The fourth-order valence-electron chi connectivity index (χ4n) is 1.29. The molecule has 0 spiro atoms. The number of allylic oxidation sites excluding steroid dienone is 4. The van der Waals surface area contributed by atoms with Gasteiger partial charge in [0.15, 0.2) is 0 Å². The normalized spacial score (nSPS) is 11.8. The van der Waals surface area contributed by atoms with Crippen molar-refractivity contribution in [2.75, 3.05) is 0 Å². The van der Waals surface area contributed by atoms with E-state index in [1.165, 1.54) is 17.0 Å². The van der Waals surface area contributed by atoms with Gasteiger partial charge in [-0.25, -0.2) is 0 Å². The molecule has 16 heavy (non-hydrogen) atoms. The fraction of sp³-hybridized carbons (Fsp3) is 0.188. The summed E-state index contributed by atoms with van der Waals surface area (Å²) in [4.78, 5) is 0. The first-order chi connectivity index (χ1) is 7.61. The first-order valence-corrected chi connectivity index (χ1v) is 5.51. The summed E-state index contributed by atoms with van der Waals surface area (Å²) in [6, 6.07) is 8.48. The summed E-state index contributed by atoms with van der Waals surface area (Å²) in [6.07, 6.45) is 8.19. The van der Waals surface area contributed by atoms with E-state index in [2.05, 4.69) is 69.8 Å². The largest absolute Gasteiger partial charge is 0.0968 e. The smallest absolute Gasteiger partial charge is 0.0966 e. The van der Waals surface area contributed by atoms with Crippen molar-refractivity contribution >= 4 is 6.08 Å². The molecule has 0 N–H and O–H groups in total. The van der Waals surface area contributed by atoms with E-state index in [4.69, 9.17) is 0 Å². The second kappa shape index (κ2) is 6.02. The van der Waals surface area contributed by atoms with Gasteiger partial charge in [0.25, 0.3) is 0 Å². The summed E-state index contributed by atoms with van der Waals surface area (Å²) in [5.74, 6) is 1.29. The standard InChI is InChI=1S/C16H19/c1-5-15(9-6-13(2)3)12-16-10-7-14(4)8-11-16/h5-12H,1H2,2-4H3/q+1. The molecule has 0 saturated carbocycles. The molecule has 0 unspecified atom stereocenters. The van der Waals surface area contributed by atoms with Gasteiger partial charge < -0.3 is 0 Å². The van der Waals surface area contributed by atoms with Crippen molar-refractivity contribution in [1.82, 2.24) is 0 Å². The molecule has 1 rings (SSSR count). The molecule has 1 aromatic rings. The van der Waals surface area contributed by atoms with Gasteiger partial charge in [-0.05, 0) is 24.6 Å². The van der Waals surface area contributed by atoms with Crippen molar-refractivity contribution in [2.45, 2.75) is 20.8 Å². The van der Waals surface area contributed by atoms with E-state index in [9.17, 15) is 0 Å². The van der Waals surface area contributed by atoms with Crippen molar-refractivity contribution in [1.29, 1.82) is 0 Å². The van der Waals surface area contributed by atoms with Gasteiger partial charge in [0, 0.05) is 19.8 Å². The predicted molar refractivity (Wildman–Crippen MR) is 73.1 cm³/mol. The van der Waals surface area contributed by atoms with E-state index in [0.717, 1.165) is 5.57 Å². The summed E-state index contributed by atoms with van der Waals surface area (Å²) in [5, 5.41) is 0. The van der Waals surface area contributed by atoms with Crippen molar-refractivity contribution in [2.24, 2.45) is 0 Å². The SMILES string of the molecule is C=CC(C=C[C+](C)C)=Cc1ccc(C)cc1. The maximum absolute atomic E-state index is 3.82. The Hall–Kier alpha value is -1.69. The second-order valence-corrected chi connectivity index (χ2v) is 4.17. The van der Waals surface area contributed by atoms with E-state index >= 15 is 0 Å². The van der Waals surface area contributed by atoms with Gasteiger partial charge in [0.2, 0.25) is 0 Å². The predicted octanol–water partition coefficient (Wildman–Crippen LogP) is 4.73. The number of aryl methyl sites for hydroxylation is 1. The highest BCUT2D eigenvalue weighted by atomic mass is 14.0. The molecule has 0 radical (unpaired) electrons. The summed E-state index contributed by atoms with van der Waals surface area (Å²) in [7, 11) is 0. The lowest BCUT2D eigenvalue weighted by Crippen LogP contribution is -1.78. The summed E-state index contributed by atoms with van der Waals surface area (Å²) >= 11 is 0. The third-order valence-electron chi connectivity index (χ3n) is 2.26. The van der Waals surface area contributed by atoms with Crippen LogP contribution in [0.2, 0.25) is 0 Å². The van der Waals surface area contributed by atoms with Gasteiger partial charge in [0.1, 0.15) is 0 Å². The molecular formula is C16H19+. The Labute approximate surface area is 99.0 Å². The molecule has 0 heteroatoms. The van der Waals surface area contributed by atoms with Crippen LogP contribution in [-0.4, -0.2) is 0 Å². The molecule has 0 aliphatic heterocycles. The summed E-state index contributed by atoms with van der Waals surface area (Å²) < 4.78 is 0. The second-order valence-electron chi connectivity index (χ2n) is 4.17. The minimum atomic E-state index is 1.13. The van der Waals surface area contributed by atoms with Crippen LogP contribution >= 0.6 is 0 Å². The highest BCUT2D eigenvalue weighted by molar-refractivity contribution is 5.59. The first-order valence-electron chi connectivity index (χ1n) is 5.51. The van der Waals surface area contributed by atoms with E-state index < -0.39 is 0 Å². The zero-order valence-electron chi connectivity index (χ0n) is 10.3. The zero-order valence-corrected chi connectivity index (χ0v) is 10.3. The number of hydrogen-bond acceptors (Lipinski definition) is 0. The lowest BCUT2D eigenvalue weighted by molar-refractivity contribution is 1.21. The third-order valence-corrected chi connectivity index (χ3v) is 2.26. The van der Waals surface area contributed by atoms with Crippen molar-refractivity contribution in [3.8, 4) is 0 Å². The monoisotopic (exact) mass is 211 g/mol. The van der Waals surface area contributed by atoms with E-state index in [1.54, 1.807) is 0 Å². The molecule has 0 fully saturated rings. The molecular weight excluding hydrogens is 192 g/mol. The van der Waals surface area contributed by atoms with Crippen LogP contribution in [0.15, 0.2) is 54.6 Å². The van der Waals surface area contributed by atoms with Crippen LogP contribution in [-0.2, 0) is 0 Å². The average Bonchev–Trinajstić information content (AvgIpc) is 2.26. The minimum Gasteiger partial charge on any atom is -0.0966 e. The van der Waals surface area contributed by atoms with Crippen LogP contribution in [0.3, 0.4) is 0 Å². The van der Waals surface area contributed by atoms with Gasteiger partial charge >= 0.3 is 0 Å². The lowest BCUT2D eigenvalue weighted by Gasteiger charge is -1.95. The van der Waals surface area contributed by atoms with Crippen LogP contribution in [0.25, 0.3) is 6.08 Å². The topological polar surface area (TPSA) is 0 Å². The Kier molecular flexibility index (Phi) is 4.65.